The number of rotatable bonds is 5. The minimum Gasteiger partial charge on any atom is -0.337 e. The van der Waals surface area contributed by atoms with Crippen LogP contribution in [0.5, 0.6) is 0 Å². The van der Waals surface area contributed by atoms with E-state index in [1.54, 1.807) is 38.7 Å². The van der Waals surface area contributed by atoms with Crippen molar-refractivity contribution in [3.63, 3.8) is 0 Å². The molecule has 1 aromatic heterocycles. The summed E-state index contributed by atoms with van der Waals surface area (Å²) in [6, 6.07) is 6.99. The summed E-state index contributed by atoms with van der Waals surface area (Å²) >= 11 is 6.17. The van der Waals surface area contributed by atoms with Crippen LogP contribution in [0.1, 0.15) is 28.4 Å². The van der Waals surface area contributed by atoms with Gasteiger partial charge in [0, 0.05) is 51.5 Å². The van der Waals surface area contributed by atoms with Gasteiger partial charge in [-0.2, -0.15) is 5.10 Å². The van der Waals surface area contributed by atoms with Crippen LogP contribution in [0.3, 0.4) is 0 Å². The third kappa shape index (κ3) is 5.31. The van der Waals surface area contributed by atoms with Crippen LogP contribution in [-0.2, 0) is 7.05 Å². The van der Waals surface area contributed by atoms with Crippen molar-refractivity contribution in [1.29, 1.82) is 0 Å². The van der Waals surface area contributed by atoms with Gasteiger partial charge in [0.05, 0.1) is 22.8 Å². The van der Waals surface area contributed by atoms with Crippen molar-refractivity contribution in [2.45, 2.75) is 12.5 Å². The number of benzene rings is 1. The molecular weight excluding hydrogens is 404 g/mol. The maximum absolute atomic E-state index is 12.8. The third-order valence-electron chi connectivity index (χ3n) is 5.35. The van der Waals surface area contributed by atoms with E-state index >= 15 is 0 Å². The number of carbonyl (C=O) groups is 2. The maximum atomic E-state index is 12.8. The quantitative estimate of drug-likeness (QED) is 0.786. The van der Waals surface area contributed by atoms with Crippen molar-refractivity contribution in [3.8, 4) is 0 Å². The van der Waals surface area contributed by atoms with Gasteiger partial charge >= 0.3 is 6.03 Å². The molecule has 0 spiro atoms. The van der Waals surface area contributed by atoms with E-state index in [1.165, 1.54) is 0 Å². The molecule has 1 N–H and O–H groups in total. The number of halogens is 1. The highest BCUT2D eigenvalue weighted by Gasteiger charge is 2.25. The fraction of sp³-hybridized carbons (Fsp3) is 0.476. The van der Waals surface area contributed by atoms with Crippen LogP contribution in [0.15, 0.2) is 36.7 Å². The Kier molecular flexibility index (Phi) is 7.33. The normalized spacial score (nSPS) is 15.8. The summed E-state index contributed by atoms with van der Waals surface area (Å²) in [6.07, 6.45) is 4.51. The first kappa shape index (κ1) is 22.1. The molecule has 3 amide bonds. The molecule has 2 aromatic rings. The van der Waals surface area contributed by atoms with E-state index in [2.05, 4.69) is 15.3 Å². The van der Waals surface area contributed by atoms with Gasteiger partial charge in [0.2, 0.25) is 0 Å². The summed E-state index contributed by atoms with van der Waals surface area (Å²) in [5, 5.41) is 7.71. The van der Waals surface area contributed by atoms with E-state index in [0.29, 0.717) is 43.3 Å². The number of nitrogens with zero attached hydrogens (tertiary/aromatic N) is 5. The summed E-state index contributed by atoms with van der Waals surface area (Å²) in [4.78, 5) is 31.2. The number of urea groups is 1. The number of hydrogen-bond donors (Lipinski definition) is 1. The zero-order valence-corrected chi connectivity index (χ0v) is 18.5. The Morgan fingerprint density at radius 2 is 1.87 bits per heavy atom. The number of carbonyl (C=O) groups excluding carboxylic acids is 2. The Bertz CT molecular complexity index is 884. The monoisotopic (exact) mass is 432 g/mol. The van der Waals surface area contributed by atoms with Gasteiger partial charge in [-0.3, -0.25) is 9.48 Å². The van der Waals surface area contributed by atoms with Gasteiger partial charge in [0.1, 0.15) is 0 Å². The molecule has 30 heavy (non-hydrogen) atoms. The summed E-state index contributed by atoms with van der Waals surface area (Å²) < 4.78 is 1.76. The van der Waals surface area contributed by atoms with E-state index < -0.39 is 0 Å². The van der Waals surface area contributed by atoms with Gasteiger partial charge in [-0.15, -0.1) is 0 Å². The molecule has 0 bridgehead atoms. The standard InChI is InChI=1S/C21H29ClN6O2/c1-25(2)19(16-13-24-26(3)15-16)14-23-21(30)28-10-6-9-27(11-12-28)20(29)17-7-4-5-8-18(17)22/h4-5,7-8,13,15,19H,6,9-12,14H2,1-3H3,(H,23,30). The van der Waals surface area contributed by atoms with Crippen molar-refractivity contribution in [2.75, 3.05) is 46.8 Å². The smallest absolute Gasteiger partial charge is 0.317 e. The molecule has 1 aliphatic rings. The fourth-order valence-electron chi connectivity index (χ4n) is 3.64. The molecular formula is C21H29ClN6O2. The molecule has 9 heteroatoms. The zero-order valence-electron chi connectivity index (χ0n) is 17.7. The van der Waals surface area contributed by atoms with Crippen molar-refractivity contribution >= 4 is 23.5 Å². The second kappa shape index (κ2) is 9.95. The molecule has 0 saturated carbocycles. The Labute approximate surface area is 182 Å². The third-order valence-corrected chi connectivity index (χ3v) is 5.68. The molecule has 1 fully saturated rings. The number of nitrogens with one attached hydrogen (secondary N) is 1. The minimum absolute atomic E-state index is 0.0351. The predicted molar refractivity (Wildman–Crippen MR) is 117 cm³/mol. The van der Waals surface area contributed by atoms with Crippen LogP contribution < -0.4 is 5.32 Å². The van der Waals surface area contributed by atoms with Crippen molar-refractivity contribution in [3.05, 3.63) is 52.8 Å². The minimum atomic E-state index is -0.113. The van der Waals surface area contributed by atoms with Gasteiger partial charge in [-0.25, -0.2) is 4.79 Å². The first-order valence-electron chi connectivity index (χ1n) is 10.1. The number of hydrogen-bond acceptors (Lipinski definition) is 4. The lowest BCUT2D eigenvalue weighted by atomic mass is 10.1. The van der Waals surface area contributed by atoms with Gasteiger partial charge < -0.3 is 20.0 Å². The van der Waals surface area contributed by atoms with Gasteiger partial charge in [0.15, 0.2) is 0 Å². The second-order valence-corrected chi connectivity index (χ2v) is 8.13. The van der Waals surface area contributed by atoms with Crippen LogP contribution in [0.2, 0.25) is 5.02 Å². The Morgan fingerprint density at radius 1 is 1.17 bits per heavy atom. The Morgan fingerprint density at radius 3 is 2.53 bits per heavy atom. The molecule has 1 saturated heterocycles. The number of amides is 3. The molecule has 1 aliphatic heterocycles. The summed E-state index contributed by atoms with van der Waals surface area (Å²) in [6.45, 7) is 2.66. The molecule has 2 heterocycles. The highest BCUT2D eigenvalue weighted by Crippen LogP contribution is 2.19. The Balaban J connectivity index is 1.56. The van der Waals surface area contributed by atoms with Crippen LogP contribution in [-0.4, -0.2) is 83.2 Å². The van der Waals surface area contributed by atoms with Crippen LogP contribution in [0.4, 0.5) is 4.79 Å². The molecule has 1 aromatic carbocycles. The lowest BCUT2D eigenvalue weighted by molar-refractivity contribution is 0.0762. The van der Waals surface area contributed by atoms with Gasteiger partial charge in [0.25, 0.3) is 5.91 Å². The zero-order chi connectivity index (χ0) is 21.7. The Hall–Kier alpha value is -2.58. The van der Waals surface area contributed by atoms with Gasteiger partial charge in [-0.05, 0) is 32.6 Å². The van der Waals surface area contributed by atoms with E-state index in [4.69, 9.17) is 11.6 Å². The molecule has 3 rings (SSSR count). The number of likely N-dealkylation sites (N-methyl/N-ethyl adjacent to an activating group) is 1. The van der Waals surface area contributed by atoms with Gasteiger partial charge in [-0.1, -0.05) is 23.7 Å². The molecule has 1 unspecified atom stereocenters. The fourth-order valence-corrected chi connectivity index (χ4v) is 3.85. The van der Waals surface area contributed by atoms with Crippen molar-refractivity contribution in [1.82, 2.24) is 29.8 Å². The predicted octanol–water partition coefficient (Wildman–Crippen LogP) is 2.23. The highest BCUT2D eigenvalue weighted by molar-refractivity contribution is 6.33. The van der Waals surface area contributed by atoms with Crippen LogP contribution in [0.25, 0.3) is 0 Å². The summed E-state index contributed by atoms with van der Waals surface area (Å²) in [7, 11) is 5.84. The molecule has 0 aliphatic carbocycles. The average Bonchev–Trinajstić information content (AvgIpc) is 2.99. The van der Waals surface area contributed by atoms with E-state index in [0.717, 1.165) is 12.0 Å². The molecule has 1 atom stereocenters. The van der Waals surface area contributed by atoms with Crippen LogP contribution in [0, 0.1) is 0 Å². The highest BCUT2D eigenvalue weighted by atomic mass is 35.5. The van der Waals surface area contributed by atoms with Crippen molar-refractivity contribution < 1.29 is 9.59 Å². The summed E-state index contributed by atoms with van der Waals surface area (Å²) in [5.74, 6) is -0.0906. The average molecular weight is 433 g/mol. The summed E-state index contributed by atoms with van der Waals surface area (Å²) in [5.41, 5.74) is 1.55. The SMILES string of the molecule is CN(C)C(CNC(=O)N1CCCN(C(=O)c2ccccc2Cl)CC1)c1cnn(C)c1. The van der Waals surface area contributed by atoms with E-state index in [1.807, 2.05) is 33.5 Å². The second-order valence-electron chi connectivity index (χ2n) is 7.73. The molecule has 0 radical (unpaired) electrons. The lowest BCUT2D eigenvalue weighted by Crippen LogP contribution is -2.45. The lowest BCUT2D eigenvalue weighted by Gasteiger charge is -2.26. The first-order valence-corrected chi connectivity index (χ1v) is 10.5. The molecule has 162 valence electrons. The largest absolute Gasteiger partial charge is 0.337 e. The topological polar surface area (TPSA) is 73.7 Å². The number of aryl methyl sites for hydroxylation is 1. The number of aromatic nitrogens is 2. The van der Waals surface area contributed by atoms with Crippen molar-refractivity contribution in [2.24, 2.45) is 7.05 Å². The maximum Gasteiger partial charge on any atom is 0.317 e. The van der Waals surface area contributed by atoms with Crippen LogP contribution >= 0.6 is 11.6 Å². The molecule has 8 nitrogen and oxygen atoms in total. The van der Waals surface area contributed by atoms with E-state index in [-0.39, 0.29) is 18.0 Å². The first-order chi connectivity index (χ1) is 14.4. The van der Waals surface area contributed by atoms with E-state index in [9.17, 15) is 9.59 Å².